The van der Waals surface area contributed by atoms with Gasteiger partial charge in [-0.3, -0.25) is 0 Å². The lowest BCUT2D eigenvalue weighted by atomic mass is 10.1. The van der Waals surface area contributed by atoms with Gasteiger partial charge in [0.05, 0.1) is 6.61 Å². The summed E-state index contributed by atoms with van der Waals surface area (Å²) >= 11 is 0. The van der Waals surface area contributed by atoms with Gasteiger partial charge in [0.15, 0.2) is 0 Å². The fourth-order valence-electron chi connectivity index (χ4n) is 1.91. The Morgan fingerprint density at radius 2 is 1.74 bits per heavy atom. The lowest BCUT2D eigenvalue weighted by molar-refractivity contribution is 0.148. The van der Waals surface area contributed by atoms with Gasteiger partial charge < -0.3 is 14.8 Å². The number of fused-ring (bicyclic) bond motifs is 1. The van der Waals surface area contributed by atoms with Gasteiger partial charge in [-0.25, -0.2) is 0 Å². The van der Waals surface area contributed by atoms with Crippen molar-refractivity contribution in [2.45, 2.75) is 6.92 Å². The molecule has 1 N–H and O–H groups in total. The molecule has 19 heavy (non-hydrogen) atoms. The summed E-state index contributed by atoms with van der Waals surface area (Å²) in [7, 11) is 0. The predicted octanol–water partition coefficient (Wildman–Crippen LogP) is 2.84. The van der Waals surface area contributed by atoms with Gasteiger partial charge in [-0.1, -0.05) is 30.3 Å². The lowest BCUT2D eigenvalue weighted by Crippen LogP contribution is -2.24. The van der Waals surface area contributed by atoms with Crippen LogP contribution in [-0.2, 0) is 4.74 Å². The van der Waals surface area contributed by atoms with Gasteiger partial charge in [0, 0.05) is 19.7 Å². The first-order valence-electron chi connectivity index (χ1n) is 6.80. The number of nitrogens with one attached hydrogen (secondary N) is 1. The summed E-state index contributed by atoms with van der Waals surface area (Å²) in [5.74, 6) is 0.922. The number of ether oxygens (including phenoxy) is 2. The molecule has 0 aliphatic heterocycles. The molecule has 0 unspecified atom stereocenters. The molecule has 0 radical (unpaired) electrons. The molecule has 3 nitrogen and oxygen atoms in total. The van der Waals surface area contributed by atoms with Crippen molar-refractivity contribution in [3.05, 3.63) is 42.5 Å². The van der Waals surface area contributed by atoms with Crippen LogP contribution in [0.15, 0.2) is 42.5 Å². The Bertz CT molecular complexity index is 499. The van der Waals surface area contributed by atoms with E-state index in [0.717, 1.165) is 32.1 Å². The Labute approximate surface area is 114 Å². The van der Waals surface area contributed by atoms with E-state index in [0.29, 0.717) is 6.61 Å². The molecule has 0 aromatic heterocycles. The molecule has 0 aliphatic carbocycles. The highest BCUT2D eigenvalue weighted by atomic mass is 16.5. The molecule has 0 amide bonds. The Hall–Kier alpha value is -1.58. The predicted molar refractivity (Wildman–Crippen MR) is 78.8 cm³/mol. The van der Waals surface area contributed by atoms with Crippen molar-refractivity contribution in [3.8, 4) is 5.75 Å². The molecule has 0 spiro atoms. The second kappa shape index (κ2) is 7.77. The fraction of sp³-hybridized carbons (Fsp3) is 0.375. The molecule has 0 aliphatic rings. The van der Waals surface area contributed by atoms with Crippen LogP contribution in [0.25, 0.3) is 10.8 Å². The van der Waals surface area contributed by atoms with E-state index in [-0.39, 0.29) is 0 Å². The normalized spacial score (nSPS) is 10.8. The van der Waals surface area contributed by atoms with Gasteiger partial charge in [0.2, 0.25) is 0 Å². The second-order valence-corrected chi connectivity index (χ2v) is 4.30. The Balaban J connectivity index is 1.72. The maximum absolute atomic E-state index is 5.72. The van der Waals surface area contributed by atoms with E-state index < -0.39 is 0 Å². The topological polar surface area (TPSA) is 30.5 Å². The maximum Gasteiger partial charge on any atom is 0.120 e. The highest BCUT2D eigenvalue weighted by molar-refractivity contribution is 5.83. The van der Waals surface area contributed by atoms with E-state index in [1.54, 1.807) is 0 Å². The van der Waals surface area contributed by atoms with Crippen molar-refractivity contribution in [2.75, 3.05) is 32.9 Å². The molecule has 102 valence electrons. The number of hydrogen-bond acceptors (Lipinski definition) is 3. The van der Waals surface area contributed by atoms with Crippen LogP contribution in [0.5, 0.6) is 5.75 Å². The van der Waals surface area contributed by atoms with Gasteiger partial charge in [-0.05, 0) is 29.8 Å². The monoisotopic (exact) mass is 259 g/mol. The van der Waals surface area contributed by atoms with Gasteiger partial charge >= 0.3 is 0 Å². The minimum absolute atomic E-state index is 0.671. The van der Waals surface area contributed by atoms with Crippen molar-refractivity contribution in [1.82, 2.24) is 5.32 Å². The summed E-state index contributed by atoms with van der Waals surface area (Å²) in [6.45, 7) is 5.91. The van der Waals surface area contributed by atoms with Gasteiger partial charge in [-0.2, -0.15) is 0 Å². The number of rotatable bonds is 8. The van der Waals surface area contributed by atoms with Crippen LogP contribution < -0.4 is 10.1 Å². The zero-order valence-electron chi connectivity index (χ0n) is 11.4. The third kappa shape index (κ3) is 4.54. The molecule has 2 rings (SSSR count). The summed E-state index contributed by atoms with van der Waals surface area (Å²) in [6.07, 6.45) is 0. The molecular formula is C16H21NO2. The third-order valence-corrected chi connectivity index (χ3v) is 2.90. The quantitative estimate of drug-likeness (QED) is 0.739. The Morgan fingerprint density at radius 1 is 0.947 bits per heavy atom. The van der Waals surface area contributed by atoms with Crippen LogP contribution in [-0.4, -0.2) is 32.9 Å². The standard InChI is InChI=1S/C16H21NO2/c1-2-18-11-9-17-10-12-19-16-8-7-14-5-3-4-6-15(14)13-16/h3-8,13,17H,2,9-12H2,1H3. The smallest absolute Gasteiger partial charge is 0.120 e. The molecule has 2 aromatic rings. The van der Waals surface area contributed by atoms with Crippen molar-refractivity contribution in [2.24, 2.45) is 0 Å². The minimum atomic E-state index is 0.671. The summed E-state index contributed by atoms with van der Waals surface area (Å²) in [4.78, 5) is 0. The van der Waals surface area contributed by atoms with E-state index in [1.807, 2.05) is 25.1 Å². The number of hydrogen-bond donors (Lipinski definition) is 1. The molecule has 0 heterocycles. The van der Waals surface area contributed by atoms with Crippen LogP contribution in [0.1, 0.15) is 6.92 Å². The van der Waals surface area contributed by atoms with E-state index in [1.165, 1.54) is 10.8 Å². The molecular weight excluding hydrogens is 238 g/mol. The van der Waals surface area contributed by atoms with Crippen LogP contribution in [0.3, 0.4) is 0 Å². The van der Waals surface area contributed by atoms with E-state index >= 15 is 0 Å². The Morgan fingerprint density at radius 3 is 2.58 bits per heavy atom. The summed E-state index contributed by atoms with van der Waals surface area (Å²) in [6, 6.07) is 14.5. The summed E-state index contributed by atoms with van der Waals surface area (Å²) < 4.78 is 11.0. The minimum Gasteiger partial charge on any atom is -0.492 e. The van der Waals surface area contributed by atoms with Crippen LogP contribution in [0.4, 0.5) is 0 Å². The van der Waals surface area contributed by atoms with Gasteiger partial charge in [0.1, 0.15) is 12.4 Å². The average molecular weight is 259 g/mol. The zero-order valence-corrected chi connectivity index (χ0v) is 11.4. The molecule has 0 fully saturated rings. The first-order valence-corrected chi connectivity index (χ1v) is 6.80. The third-order valence-electron chi connectivity index (χ3n) is 2.90. The number of benzene rings is 2. The van der Waals surface area contributed by atoms with Gasteiger partial charge in [0.25, 0.3) is 0 Å². The van der Waals surface area contributed by atoms with E-state index in [9.17, 15) is 0 Å². The SMILES string of the molecule is CCOCCNCCOc1ccc2ccccc2c1. The first-order chi connectivity index (χ1) is 9.40. The van der Waals surface area contributed by atoms with E-state index in [2.05, 4.69) is 29.6 Å². The van der Waals surface area contributed by atoms with Crippen LogP contribution in [0, 0.1) is 0 Å². The fourth-order valence-corrected chi connectivity index (χ4v) is 1.91. The van der Waals surface area contributed by atoms with Crippen LogP contribution >= 0.6 is 0 Å². The Kier molecular flexibility index (Phi) is 5.66. The zero-order chi connectivity index (χ0) is 13.3. The second-order valence-electron chi connectivity index (χ2n) is 4.30. The average Bonchev–Trinajstić information content (AvgIpc) is 2.46. The molecule has 2 aromatic carbocycles. The molecule has 0 atom stereocenters. The van der Waals surface area contributed by atoms with Crippen molar-refractivity contribution in [1.29, 1.82) is 0 Å². The maximum atomic E-state index is 5.72. The van der Waals surface area contributed by atoms with Crippen molar-refractivity contribution < 1.29 is 9.47 Å². The van der Waals surface area contributed by atoms with Crippen molar-refractivity contribution in [3.63, 3.8) is 0 Å². The lowest BCUT2D eigenvalue weighted by Gasteiger charge is -2.08. The highest BCUT2D eigenvalue weighted by Crippen LogP contribution is 2.20. The summed E-state index contributed by atoms with van der Waals surface area (Å²) in [5, 5.41) is 5.73. The highest BCUT2D eigenvalue weighted by Gasteiger charge is 1.96. The molecule has 0 saturated carbocycles. The largest absolute Gasteiger partial charge is 0.492 e. The molecule has 0 saturated heterocycles. The molecule has 0 bridgehead atoms. The van der Waals surface area contributed by atoms with E-state index in [4.69, 9.17) is 9.47 Å². The van der Waals surface area contributed by atoms with Gasteiger partial charge in [-0.15, -0.1) is 0 Å². The summed E-state index contributed by atoms with van der Waals surface area (Å²) in [5.41, 5.74) is 0. The van der Waals surface area contributed by atoms with Crippen molar-refractivity contribution >= 4 is 10.8 Å². The first kappa shape index (κ1) is 13.8. The molecule has 3 heteroatoms. The van der Waals surface area contributed by atoms with Crippen LogP contribution in [0.2, 0.25) is 0 Å².